The molecule has 0 aromatic heterocycles. The molecule has 5 heteroatoms. The minimum absolute atomic E-state index is 0.190. The highest BCUT2D eigenvalue weighted by Crippen LogP contribution is 2.35. The summed E-state index contributed by atoms with van der Waals surface area (Å²) < 4.78 is 11.0. The Morgan fingerprint density at radius 3 is 2.52 bits per heavy atom. The molecule has 4 rings (SSSR count). The molecule has 0 unspecified atom stereocenters. The summed E-state index contributed by atoms with van der Waals surface area (Å²) in [6.45, 7) is 0. The molecule has 0 fully saturated rings. The summed E-state index contributed by atoms with van der Waals surface area (Å²) in [5.41, 5.74) is 2.06. The van der Waals surface area contributed by atoms with E-state index in [9.17, 15) is 9.59 Å². The monoisotopic (exact) mass is 402 g/mol. The number of carbonyl (C=O) groups is 2. The third-order valence-corrected chi connectivity index (χ3v) is 4.45. The first-order valence-corrected chi connectivity index (χ1v) is 9.25. The van der Waals surface area contributed by atoms with Crippen LogP contribution in [-0.2, 0) is 4.79 Å². The van der Waals surface area contributed by atoms with Gasteiger partial charge in [0.05, 0.1) is 5.56 Å². The lowest BCUT2D eigenvalue weighted by molar-refractivity contribution is -0.128. The Morgan fingerprint density at radius 1 is 0.931 bits per heavy atom. The van der Waals surface area contributed by atoms with Crippen LogP contribution in [0.5, 0.6) is 11.5 Å². The molecule has 1 heterocycles. The van der Waals surface area contributed by atoms with Crippen molar-refractivity contribution in [2.24, 2.45) is 0 Å². The second kappa shape index (κ2) is 8.17. The number of Topliss-reactive ketones (excluding diaryl/α,β-unsaturated/α-hetero) is 1. The molecule has 0 spiro atoms. The van der Waals surface area contributed by atoms with Crippen LogP contribution >= 0.6 is 11.6 Å². The van der Waals surface area contributed by atoms with Crippen LogP contribution in [0.2, 0.25) is 5.02 Å². The van der Waals surface area contributed by atoms with E-state index in [2.05, 4.69) is 0 Å². The summed E-state index contributed by atoms with van der Waals surface area (Å²) >= 11 is 5.98. The number of ether oxygens (including phenoxy) is 2. The summed E-state index contributed by atoms with van der Waals surface area (Å²) in [6, 6.07) is 21.2. The highest BCUT2D eigenvalue weighted by molar-refractivity contribution is 6.30. The minimum atomic E-state index is -0.521. The number of fused-ring (bicyclic) bond motifs is 1. The molecule has 0 bridgehead atoms. The molecule has 0 amide bonds. The quantitative estimate of drug-likeness (QED) is 0.325. The van der Waals surface area contributed by atoms with E-state index in [0.717, 1.165) is 11.1 Å². The molecule has 4 nitrogen and oxygen atoms in total. The molecule has 0 saturated carbocycles. The number of ketones is 1. The van der Waals surface area contributed by atoms with Gasteiger partial charge in [0.15, 0.2) is 5.76 Å². The Bertz CT molecular complexity index is 1150. The van der Waals surface area contributed by atoms with E-state index in [-0.39, 0.29) is 11.5 Å². The van der Waals surface area contributed by atoms with Gasteiger partial charge >= 0.3 is 5.97 Å². The molecule has 0 N–H and O–H groups in total. The first kappa shape index (κ1) is 18.7. The highest BCUT2D eigenvalue weighted by atomic mass is 35.5. The maximum atomic E-state index is 12.5. The van der Waals surface area contributed by atoms with Crippen LogP contribution in [-0.4, -0.2) is 11.8 Å². The van der Waals surface area contributed by atoms with Crippen molar-refractivity contribution < 1.29 is 19.1 Å². The first-order valence-electron chi connectivity index (χ1n) is 8.87. The summed E-state index contributed by atoms with van der Waals surface area (Å²) in [7, 11) is 0. The number of carbonyl (C=O) groups excluding carboxylic acids is 2. The molecule has 0 atom stereocenters. The van der Waals surface area contributed by atoms with Crippen LogP contribution < -0.4 is 9.47 Å². The molecule has 29 heavy (non-hydrogen) atoms. The molecular formula is C24H15ClO4. The van der Waals surface area contributed by atoms with Crippen molar-refractivity contribution in [1.82, 2.24) is 0 Å². The van der Waals surface area contributed by atoms with Crippen LogP contribution in [0.1, 0.15) is 21.5 Å². The highest BCUT2D eigenvalue weighted by Gasteiger charge is 2.28. The van der Waals surface area contributed by atoms with Crippen molar-refractivity contribution >= 4 is 35.5 Å². The van der Waals surface area contributed by atoms with Gasteiger partial charge in [-0.1, -0.05) is 54.1 Å². The zero-order chi connectivity index (χ0) is 20.2. The predicted molar refractivity (Wildman–Crippen MR) is 112 cm³/mol. The zero-order valence-electron chi connectivity index (χ0n) is 15.2. The lowest BCUT2D eigenvalue weighted by atomic mass is 10.1. The summed E-state index contributed by atoms with van der Waals surface area (Å²) in [6.07, 6.45) is 4.64. The molecular weight excluding hydrogens is 388 g/mol. The maximum absolute atomic E-state index is 12.5. The average molecular weight is 403 g/mol. The Labute approximate surface area is 172 Å². The molecule has 0 saturated heterocycles. The maximum Gasteiger partial charge on any atom is 0.336 e. The normalized spacial score (nSPS) is 14.1. The number of hydrogen-bond acceptors (Lipinski definition) is 4. The number of hydrogen-bond donors (Lipinski definition) is 0. The van der Waals surface area contributed by atoms with E-state index in [4.69, 9.17) is 21.1 Å². The van der Waals surface area contributed by atoms with Crippen molar-refractivity contribution in [3.63, 3.8) is 0 Å². The summed E-state index contributed by atoms with van der Waals surface area (Å²) in [4.78, 5) is 24.6. The van der Waals surface area contributed by atoms with Crippen LogP contribution in [0.3, 0.4) is 0 Å². The molecule has 142 valence electrons. The third kappa shape index (κ3) is 4.45. The lowest BCUT2D eigenvalue weighted by Crippen LogP contribution is -2.03. The number of allylic oxidation sites excluding steroid dienone is 1. The van der Waals surface area contributed by atoms with E-state index < -0.39 is 5.97 Å². The molecule has 1 aliphatic rings. The summed E-state index contributed by atoms with van der Waals surface area (Å²) in [5, 5.41) is 0.570. The van der Waals surface area contributed by atoms with Gasteiger partial charge in [0.1, 0.15) is 11.5 Å². The van der Waals surface area contributed by atoms with E-state index in [1.54, 1.807) is 42.5 Å². The second-order valence-electron chi connectivity index (χ2n) is 6.32. The summed E-state index contributed by atoms with van der Waals surface area (Å²) in [5.74, 6) is 0.0771. The van der Waals surface area contributed by atoms with Crippen LogP contribution in [0.4, 0.5) is 0 Å². The van der Waals surface area contributed by atoms with Crippen LogP contribution in [0.25, 0.3) is 12.2 Å². The smallest absolute Gasteiger partial charge is 0.336 e. The van der Waals surface area contributed by atoms with Crippen molar-refractivity contribution in [3.8, 4) is 11.5 Å². The fourth-order valence-corrected chi connectivity index (χ4v) is 3.06. The van der Waals surface area contributed by atoms with E-state index in [1.807, 2.05) is 36.4 Å². The number of benzene rings is 3. The average Bonchev–Trinajstić information content (AvgIpc) is 3.02. The van der Waals surface area contributed by atoms with Gasteiger partial charge < -0.3 is 9.47 Å². The van der Waals surface area contributed by atoms with E-state index in [1.165, 1.54) is 12.1 Å². The van der Waals surface area contributed by atoms with E-state index >= 15 is 0 Å². The Hall–Kier alpha value is -3.63. The molecule has 0 radical (unpaired) electrons. The van der Waals surface area contributed by atoms with Gasteiger partial charge in [-0.2, -0.15) is 0 Å². The van der Waals surface area contributed by atoms with Crippen molar-refractivity contribution in [2.75, 3.05) is 0 Å². The lowest BCUT2D eigenvalue weighted by Gasteiger charge is -2.03. The van der Waals surface area contributed by atoms with Gasteiger partial charge in [-0.25, -0.2) is 4.79 Å². The number of halogens is 1. The Kier molecular flexibility index (Phi) is 5.27. The van der Waals surface area contributed by atoms with Crippen LogP contribution in [0.15, 0.2) is 84.6 Å². The van der Waals surface area contributed by atoms with Crippen molar-refractivity contribution in [3.05, 3.63) is 106 Å². The number of rotatable bonds is 4. The van der Waals surface area contributed by atoms with Gasteiger partial charge in [0.25, 0.3) is 0 Å². The number of esters is 1. The van der Waals surface area contributed by atoms with Gasteiger partial charge in [0.2, 0.25) is 5.78 Å². The van der Waals surface area contributed by atoms with Crippen molar-refractivity contribution in [1.29, 1.82) is 0 Å². The third-order valence-electron chi connectivity index (χ3n) is 4.22. The fraction of sp³-hybridized carbons (Fsp3) is 0. The fourth-order valence-electron chi connectivity index (χ4n) is 2.86. The van der Waals surface area contributed by atoms with Gasteiger partial charge in [0, 0.05) is 17.2 Å². The molecule has 0 aliphatic carbocycles. The van der Waals surface area contributed by atoms with Gasteiger partial charge in [-0.15, -0.1) is 0 Å². The van der Waals surface area contributed by atoms with Gasteiger partial charge in [-0.3, -0.25) is 4.79 Å². The van der Waals surface area contributed by atoms with Crippen molar-refractivity contribution in [2.45, 2.75) is 0 Å². The second-order valence-corrected chi connectivity index (χ2v) is 6.75. The first-order chi connectivity index (χ1) is 14.1. The van der Waals surface area contributed by atoms with Crippen LogP contribution in [0, 0.1) is 0 Å². The molecule has 3 aromatic carbocycles. The van der Waals surface area contributed by atoms with E-state index in [0.29, 0.717) is 22.1 Å². The standard InChI is InChI=1S/C24H15ClO4/c25-18-8-4-7-17(13-18)14-22-24(27)20-11-10-19(15-21(20)29-22)28-23(26)12-9-16-5-2-1-3-6-16/h1-15H/b12-9+,22-14-. The predicted octanol–water partition coefficient (Wildman–Crippen LogP) is 5.58. The molecule has 3 aromatic rings. The Balaban J connectivity index is 1.49. The minimum Gasteiger partial charge on any atom is -0.452 e. The Morgan fingerprint density at radius 2 is 1.72 bits per heavy atom. The van der Waals surface area contributed by atoms with Gasteiger partial charge in [-0.05, 0) is 47.5 Å². The SMILES string of the molecule is O=C(/C=C/c1ccccc1)Oc1ccc2c(c1)O/C(=C\c1cccc(Cl)c1)C2=O. The molecule has 1 aliphatic heterocycles. The topological polar surface area (TPSA) is 52.6 Å². The zero-order valence-corrected chi connectivity index (χ0v) is 15.9. The largest absolute Gasteiger partial charge is 0.452 e.